The van der Waals surface area contributed by atoms with Gasteiger partial charge in [-0.25, -0.2) is 0 Å². The van der Waals surface area contributed by atoms with Gasteiger partial charge in [0.2, 0.25) is 0 Å². The van der Waals surface area contributed by atoms with Gasteiger partial charge >= 0.3 is 0 Å². The summed E-state index contributed by atoms with van der Waals surface area (Å²) in [5.41, 5.74) is 2.17. The molecule has 17 heavy (non-hydrogen) atoms. The Labute approximate surface area is 103 Å². The van der Waals surface area contributed by atoms with E-state index in [4.69, 9.17) is 5.11 Å². The maximum atomic E-state index is 9.16. The normalized spacial score (nSPS) is 19.5. The second-order valence-corrected chi connectivity index (χ2v) is 4.62. The molecule has 0 radical (unpaired) electrons. The van der Waals surface area contributed by atoms with E-state index >= 15 is 0 Å². The van der Waals surface area contributed by atoms with Crippen molar-refractivity contribution in [2.75, 3.05) is 31.1 Å². The molecule has 1 aliphatic heterocycles. The number of pyridine rings is 1. The molecule has 4 heteroatoms. The van der Waals surface area contributed by atoms with Crippen LogP contribution < -0.4 is 10.2 Å². The summed E-state index contributed by atoms with van der Waals surface area (Å²) in [6, 6.07) is 4.64. The Morgan fingerprint density at radius 2 is 2.47 bits per heavy atom. The molecule has 1 saturated heterocycles. The van der Waals surface area contributed by atoms with Crippen LogP contribution in [0.2, 0.25) is 0 Å². The molecule has 0 spiro atoms. The van der Waals surface area contributed by atoms with Gasteiger partial charge < -0.3 is 15.3 Å². The van der Waals surface area contributed by atoms with Crippen LogP contribution in [0.15, 0.2) is 18.3 Å². The number of aryl methyl sites for hydroxylation is 1. The summed E-state index contributed by atoms with van der Waals surface area (Å²) in [6.07, 6.45) is 4.32. The molecule has 1 aliphatic rings. The molecule has 0 saturated carbocycles. The monoisotopic (exact) mass is 235 g/mol. The van der Waals surface area contributed by atoms with Gasteiger partial charge in [0.15, 0.2) is 0 Å². The van der Waals surface area contributed by atoms with Gasteiger partial charge in [-0.1, -0.05) is 0 Å². The van der Waals surface area contributed by atoms with Gasteiger partial charge in [0.25, 0.3) is 0 Å². The highest BCUT2D eigenvalue weighted by Crippen LogP contribution is 2.16. The van der Waals surface area contributed by atoms with Gasteiger partial charge in [0.1, 0.15) is 0 Å². The number of aliphatic hydroxyl groups is 1. The van der Waals surface area contributed by atoms with E-state index in [0.717, 1.165) is 24.5 Å². The number of nitrogens with zero attached hydrogens (tertiary/aromatic N) is 2. The van der Waals surface area contributed by atoms with Gasteiger partial charge in [0, 0.05) is 36.7 Å². The quantitative estimate of drug-likeness (QED) is 0.797. The maximum Gasteiger partial charge on any atom is 0.0606 e. The first-order valence-corrected chi connectivity index (χ1v) is 6.31. The van der Waals surface area contributed by atoms with E-state index in [1.807, 2.05) is 19.2 Å². The molecule has 0 aliphatic carbocycles. The van der Waals surface area contributed by atoms with Crippen LogP contribution in [-0.4, -0.2) is 42.4 Å². The molecule has 0 aromatic carbocycles. The summed E-state index contributed by atoms with van der Waals surface area (Å²) < 4.78 is 0. The fraction of sp³-hybridized carbons (Fsp3) is 0.615. The highest BCUT2D eigenvalue weighted by atomic mass is 16.3. The third-order valence-corrected chi connectivity index (χ3v) is 3.22. The predicted octanol–water partition coefficient (Wildman–Crippen LogP) is 0.941. The Morgan fingerprint density at radius 1 is 1.59 bits per heavy atom. The molecule has 0 amide bonds. The van der Waals surface area contributed by atoms with Gasteiger partial charge in [-0.15, -0.1) is 0 Å². The van der Waals surface area contributed by atoms with E-state index in [1.165, 1.54) is 12.8 Å². The van der Waals surface area contributed by atoms with Crippen molar-refractivity contribution in [2.45, 2.75) is 25.8 Å². The van der Waals surface area contributed by atoms with Crippen LogP contribution in [0.4, 0.5) is 5.69 Å². The summed E-state index contributed by atoms with van der Waals surface area (Å²) in [5, 5.41) is 12.7. The molecule has 1 aromatic heterocycles. The second kappa shape index (κ2) is 5.98. The minimum absolute atomic E-state index is 0.189. The molecule has 1 atom stereocenters. The van der Waals surface area contributed by atoms with Crippen molar-refractivity contribution in [3.63, 3.8) is 0 Å². The van der Waals surface area contributed by atoms with Crippen molar-refractivity contribution in [3.8, 4) is 0 Å². The van der Waals surface area contributed by atoms with E-state index in [2.05, 4.69) is 21.3 Å². The van der Waals surface area contributed by atoms with Crippen molar-refractivity contribution >= 4 is 5.69 Å². The van der Waals surface area contributed by atoms with Crippen molar-refractivity contribution in [1.29, 1.82) is 0 Å². The molecule has 0 bridgehead atoms. The Balaban J connectivity index is 2.04. The standard InChI is InChI=1S/C13H21N3O/c1-11-9-13(4-6-14-11)16(7-8-17)10-12-3-2-5-15-12/h4,6,9,12,15,17H,2-3,5,7-8,10H2,1H3. The number of hydrogen-bond acceptors (Lipinski definition) is 4. The van der Waals surface area contributed by atoms with E-state index in [9.17, 15) is 0 Å². The number of rotatable bonds is 5. The van der Waals surface area contributed by atoms with Crippen LogP contribution in [0.3, 0.4) is 0 Å². The number of hydrogen-bond donors (Lipinski definition) is 2. The fourth-order valence-corrected chi connectivity index (χ4v) is 2.35. The summed E-state index contributed by atoms with van der Waals surface area (Å²) in [5.74, 6) is 0. The second-order valence-electron chi connectivity index (χ2n) is 4.62. The Morgan fingerprint density at radius 3 is 3.12 bits per heavy atom. The molecule has 1 aromatic rings. The Hall–Kier alpha value is -1.13. The molecular formula is C13H21N3O. The first kappa shape index (κ1) is 12.3. The van der Waals surface area contributed by atoms with Crippen LogP contribution in [0.5, 0.6) is 0 Å². The van der Waals surface area contributed by atoms with E-state index in [0.29, 0.717) is 12.6 Å². The largest absolute Gasteiger partial charge is 0.395 e. The minimum atomic E-state index is 0.189. The van der Waals surface area contributed by atoms with Crippen LogP contribution in [-0.2, 0) is 0 Å². The third kappa shape index (κ3) is 3.41. The topological polar surface area (TPSA) is 48.4 Å². The Kier molecular flexibility index (Phi) is 4.34. The lowest BCUT2D eigenvalue weighted by molar-refractivity contribution is 0.300. The number of aromatic nitrogens is 1. The summed E-state index contributed by atoms with van der Waals surface area (Å²) >= 11 is 0. The molecule has 2 rings (SSSR count). The average Bonchev–Trinajstić information content (AvgIpc) is 2.81. The maximum absolute atomic E-state index is 9.16. The van der Waals surface area contributed by atoms with Crippen LogP contribution in [0, 0.1) is 6.92 Å². The zero-order valence-electron chi connectivity index (χ0n) is 10.4. The van der Waals surface area contributed by atoms with Crippen molar-refractivity contribution in [2.24, 2.45) is 0 Å². The first-order chi connectivity index (χ1) is 8.29. The van der Waals surface area contributed by atoms with Gasteiger partial charge in [-0.3, -0.25) is 4.98 Å². The van der Waals surface area contributed by atoms with Gasteiger partial charge in [0.05, 0.1) is 6.61 Å². The fourth-order valence-electron chi connectivity index (χ4n) is 2.35. The lowest BCUT2D eigenvalue weighted by atomic mass is 10.2. The minimum Gasteiger partial charge on any atom is -0.395 e. The lowest BCUT2D eigenvalue weighted by Gasteiger charge is -2.27. The lowest BCUT2D eigenvalue weighted by Crippen LogP contribution is -2.39. The van der Waals surface area contributed by atoms with Gasteiger partial charge in [-0.05, 0) is 38.4 Å². The molecule has 4 nitrogen and oxygen atoms in total. The molecular weight excluding hydrogens is 214 g/mol. The molecule has 2 N–H and O–H groups in total. The third-order valence-electron chi connectivity index (χ3n) is 3.22. The van der Waals surface area contributed by atoms with Crippen molar-refractivity contribution < 1.29 is 5.11 Å². The van der Waals surface area contributed by atoms with E-state index < -0.39 is 0 Å². The highest BCUT2D eigenvalue weighted by Gasteiger charge is 2.18. The summed E-state index contributed by atoms with van der Waals surface area (Å²) in [6.45, 7) is 4.95. The van der Waals surface area contributed by atoms with E-state index in [-0.39, 0.29) is 6.61 Å². The predicted molar refractivity (Wildman–Crippen MR) is 69.3 cm³/mol. The first-order valence-electron chi connectivity index (χ1n) is 6.31. The molecule has 2 heterocycles. The van der Waals surface area contributed by atoms with Crippen molar-refractivity contribution in [1.82, 2.24) is 10.3 Å². The Bertz CT molecular complexity index is 350. The number of anilines is 1. The summed E-state index contributed by atoms with van der Waals surface area (Å²) in [4.78, 5) is 6.44. The van der Waals surface area contributed by atoms with Crippen LogP contribution in [0.25, 0.3) is 0 Å². The molecule has 1 fully saturated rings. The highest BCUT2D eigenvalue weighted by molar-refractivity contribution is 5.46. The van der Waals surface area contributed by atoms with E-state index in [1.54, 1.807) is 0 Å². The van der Waals surface area contributed by atoms with Crippen LogP contribution >= 0.6 is 0 Å². The van der Waals surface area contributed by atoms with Crippen LogP contribution in [0.1, 0.15) is 18.5 Å². The molecule has 94 valence electrons. The zero-order chi connectivity index (χ0) is 12.1. The van der Waals surface area contributed by atoms with Crippen molar-refractivity contribution in [3.05, 3.63) is 24.0 Å². The van der Waals surface area contributed by atoms with Gasteiger partial charge in [-0.2, -0.15) is 0 Å². The number of aliphatic hydroxyl groups excluding tert-OH is 1. The number of nitrogens with one attached hydrogen (secondary N) is 1. The zero-order valence-corrected chi connectivity index (χ0v) is 10.4. The SMILES string of the molecule is Cc1cc(N(CCO)CC2CCCN2)ccn1. The smallest absolute Gasteiger partial charge is 0.0606 e. The molecule has 1 unspecified atom stereocenters. The summed E-state index contributed by atoms with van der Waals surface area (Å²) in [7, 11) is 0. The average molecular weight is 235 g/mol.